The summed E-state index contributed by atoms with van der Waals surface area (Å²) in [6.45, 7) is 3.78. The minimum Gasteiger partial charge on any atom is -0.397 e. The molecule has 0 saturated carbocycles. The summed E-state index contributed by atoms with van der Waals surface area (Å²) in [5.74, 6) is -0.119. The molecule has 3 N–H and O–H groups in total. The van der Waals surface area contributed by atoms with E-state index < -0.39 is 0 Å². The topological polar surface area (TPSA) is 80.9 Å². The van der Waals surface area contributed by atoms with E-state index in [-0.39, 0.29) is 12.3 Å². The Labute approximate surface area is 111 Å². The molecule has 5 nitrogen and oxygen atoms in total. The molecule has 98 valence electrons. The van der Waals surface area contributed by atoms with E-state index in [0.29, 0.717) is 11.4 Å². The van der Waals surface area contributed by atoms with Crippen molar-refractivity contribution in [3.8, 4) is 0 Å². The van der Waals surface area contributed by atoms with Crippen molar-refractivity contribution in [2.24, 2.45) is 0 Å². The predicted octanol–water partition coefficient (Wildman–Crippen LogP) is 1.86. The molecule has 1 amide bonds. The third-order valence-corrected chi connectivity index (χ3v) is 2.69. The number of hydrogen-bond donors (Lipinski definition) is 2. The standard InChI is InChI=1S/C14H16N4O/c1-9-3-6-13(10(2)17-9)18-14(19)7-12-5-4-11(15)8-16-12/h3-6,8H,7,15H2,1-2H3,(H,18,19). The molecule has 0 radical (unpaired) electrons. The first kappa shape index (κ1) is 13.0. The number of aromatic nitrogens is 2. The maximum atomic E-state index is 11.9. The highest BCUT2D eigenvalue weighted by atomic mass is 16.1. The van der Waals surface area contributed by atoms with Crippen LogP contribution in [-0.4, -0.2) is 15.9 Å². The molecule has 0 aromatic carbocycles. The molecule has 2 aromatic heterocycles. The van der Waals surface area contributed by atoms with E-state index in [9.17, 15) is 4.79 Å². The van der Waals surface area contributed by atoms with Gasteiger partial charge in [0, 0.05) is 11.4 Å². The van der Waals surface area contributed by atoms with E-state index in [2.05, 4.69) is 15.3 Å². The Hall–Kier alpha value is -2.43. The third kappa shape index (κ3) is 3.51. The largest absolute Gasteiger partial charge is 0.397 e. The van der Waals surface area contributed by atoms with Gasteiger partial charge < -0.3 is 11.1 Å². The van der Waals surface area contributed by atoms with E-state index in [1.165, 1.54) is 0 Å². The Morgan fingerprint density at radius 1 is 1.26 bits per heavy atom. The van der Waals surface area contributed by atoms with Crippen LogP contribution in [0.25, 0.3) is 0 Å². The average molecular weight is 256 g/mol. The van der Waals surface area contributed by atoms with Crippen molar-refractivity contribution in [3.05, 3.63) is 47.5 Å². The summed E-state index contributed by atoms with van der Waals surface area (Å²) < 4.78 is 0. The third-order valence-electron chi connectivity index (χ3n) is 2.69. The maximum Gasteiger partial charge on any atom is 0.230 e. The fraction of sp³-hybridized carbons (Fsp3) is 0.214. The van der Waals surface area contributed by atoms with Crippen molar-refractivity contribution in [1.82, 2.24) is 9.97 Å². The fourth-order valence-corrected chi connectivity index (χ4v) is 1.72. The summed E-state index contributed by atoms with van der Waals surface area (Å²) in [7, 11) is 0. The Balaban J connectivity index is 2.03. The number of carbonyl (C=O) groups is 1. The highest BCUT2D eigenvalue weighted by molar-refractivity contribution is 5.92. The molecule has 5 heteroatoms. The molecule has 19 heavy (non-hydrogen) atoms. The van der Waals surface area contributed by atoms with Gasteiger partial charge in [-0.2, -0.15) is 0 Å². The van der Waals surface area contributed by atoms with Crippen LogP contribution < -0.4 is 11.1 Å². The number of nitrogens with one attached hydrogen (secondary N) is 1. The van der Waals surface area contributed by atoms with Crippen molar-refractivity contribution in [3.63, 3.8) is 0 Å². The van der Waals surface area contributed by atoms with E-state index in [1.807, 2.05) is 26.0 Å². The first-order chi connectivity index (χ1) is 9.04. The Kier molecular flexibility index (Phi) is 3.75. The lowest BCUT2D eigenvalue weighted by atomic mass is 10.2. The van der Waals surface area contributed by atoms with Crippen LogP contribution in [0, 0.1) is 13.8 Å². The predicted molar refractivity (Wildman–Crippen MR) is 74.7 cm³/mol. The molecule has 0 aliphatic rings. The second-order valence-electron chi connectivity index (χ2n) is 4.39. The monoisotopic (exact) mass is 256 g/mol. The summed E-state index contributed by atoms with van der Waals surface area (Å²) in [6.07, 6.45) is 1.76. The molecule has 0 fully saturated rings. The number of nitrogens with two attached hydrogens (primary N) is 1. The molecule has 2 aromatic rings. The van der Waals surface area contributed by atoms with Gasteiger partial charge in [-0.05, 0) is 38.1 Å². The number of carbonyl (C=O) groups excluding carboxylic acids is 1. The number of nitrogen functional groups attached to an aromatic ring is 1. The first-order valence-corrected chi connectivity index (χ1v) is 5.99. The van der Waals surface area contributed by atoms with Crippen molar-refractivity contribution >= 4 is 17.3 Å². The molecule has 0 atom stereocenters. The summed E-state index contributed by atoms with van der Waals surface area (Å²) in [4.78, 5) is 20.3. The van der Waals surface area contributed by atoms with Gasteiger partial charge in [-0.25, -0.2) is 0 Å². The quantitative estimate of drug-likeness (QED) is 0.878. The van der Waals surface area contributed by atoms with E-state index in [4.69, 9.17) is 5.73 Å². The second-order valence-corrected chi connectivity index (χ2v) is 4.39. The Bertz CT molecular complexity index is 593. The number of aryl methyl sites for hydroxylation is 2. The summed E-state index contributed by atoms with van der Waals surface area (Å²) in [5.41, 5.74) is 9.27. The molecule has 0 aliphatic heterocycles. The number of hydrogen-bond acceptors (Lipinski definition) is 4. The smallest absolute Gasteiger partial charge is 0.230 e. The van der Waals surface area contributed by atoms with Gasteiger partial charge in [-0.1, -0.05) is 0 Å². The number of amides is 1. The number of rotatable bonds is 3. The molecular formula is C14H16N4O. The van der Waals surface area contributed by atoms with Crippen molar-refractivity contribution in [2.45, 2.75) is 20.3 Å². The van der Waals surface area contributed by atoms with Gasteiger partial charge in [0.1, 0.15) is 0 Å². The van der Waals surface area contributed by atoms with Crippen molar-refractivity contribution in [2.75, 3.05) is 11.1 Å². The van der Waals surface area contributed by atoms with Gasteiger partial charge in [0.15, 0.2) is 0 Å². The summed E-state index contributed by atoms with van der Waals surface area (Å²) >= 11 is 0. The van der Waals surface area contributed by atoms with E-state index >= 15 is 0 Å². The number of anilines is 2. The molecular weight excluding hydrogens is 240 g/mol. The zero-order chi connectivity index (χ0) is 13.8. The van der Waals surface area contributed by atoms with Crippen LogP contribution in [0.5, 0.6) is 0 Å². The zero-order valence-corrected chi connectivity index (χ0v) is 11.0. The van der Waals surface area contributed by atoms with Crippen LogP contribution in [-0.2, 0) is 11.2 Å². The van der Waals surface area contributed by atoms with E-state index in [1.54, 1.807) is 18.3 Å². The van der Waals surface area contributed by atoms with Gasteiger partial charge >= 0.3 is 0 Å². The van der Waals surface area contributed by atoms with Crippen molar-refractivity contribution < 1.29 is 4.79 Å². The summed E-state index contributed by atoms with van der Waals surface area (Å²) in [6, 6.07) is 7.19. The van der Waals surface area contributed by atoms with Crippen LogP contribution in [0.3, 0.4) is 0 Å². The first-order valence-electron chi connectivity index (χ1n) is 5.99. The summed E-state index contributed by atoms with van der Waals surface area (Å²) in [5, 5.41) is 2.83. The molecule has 0 aliphatic carbocycles. The molecule has 0 bridgehead atoms. The van der Waals surface area contributed by atoms with Crippen LogP contribution in [0.4, 0.5) is 11.4 Å². The minimum absolute atomic E-state index is 0.119. The lowest BCUT2D eigenvalue weighted by Gasteiger charge is -2.08. The van der Waals surface area contributed by atoms with Crippen molar-refractivity contribution in [1.29, 1.82) is 0 Å². The number of nitrogens with zero attached hydrogens (tertiary/aromatic N) is 2. The fourth-order valence-electron chi connectivity index (χ4n) is 1.72. The van der Waals surface area contributed by atoms with E-state index in [0.717, 1.165) is 17.1 Å². The van der Waals surface area contributed by atoms with Gasteiger partial charge in [0.25, 0.3) is 0 Å². The number of pyridine rings is 2. The van der Waals surface area contributed by atoms with Gasteiger partial charge in [0.2, 0.25) is 5.91 Å². The van der Waals surface area contributed by atoms with Crippen LogP contribution in [0.2, 0.25) is 0 Å². The lowest BCUT2D eigenvalue weighted by Crippen LogP contribution is -2.16. The SMILES string of the molecule is Cc1ccc(NC(=O)Cc2ccc(N)cn2)c(C)n1. The second kappa shape index (κ2) is 5.48. The van der Waals surface area contributed by atoms with Gasteiger partial charge in [0.05, 0.1) is 29.7 Å². The Morgan fingerprint density at radius 2 is 2.05 bits per heavy atom. The molecule has 0 saturated heterocycles. The highest BCUT2D eigenvalue weighted by Gasteiger charge is 2.07. The molecule has 2 rings (SSSR count). The van der Waals surface area contributed by atoms with Crippen LogP contribution in [0.1, 0.15) is 17.1 Å². The average Bonchev–Trinajstić information content (AvgIpc) is 2.36. The van der Waals surface area contributed by atoms with Gasteiger partial charge in [-0.3, -0.25) is 14.8 Å². The van der Waals surface area contributed by atoms with Gasteiger partial charge in [-0.15, -0.1) is 0 Å². The zero-order valence-electron chi connectivity index (χ0n) is 11.0. The molecule has 2 heterocycles. The minimum atomic E-state index is -0.119. The Morgan fingerprint density at radius 3 is 2.68 bits per heavy atom. The normalized spacial score (nSPS) is 10.2. The molecule has 0 unspecified atom stereocenters. The highest BCUT2D eigenvalue weighted by Crippen LogP contribution is 2.13. The lowest BCUT2D eigenvalue weighted by molar-refractivity contribution is -0.115. The van der Waals surface area contributed by atoms with Crippen LogP contribution in [0.15, 0.2) is 30.5 Å². The molecule has 0 spiro atoms. The maximum absolute atomic E-state index is 11.9. The van der Waals surface area contributed by atoms with Crippen LogP contribution >= 0.6 is 0 Å².